The van der Waals surface area contributed by atoms with Crippen molar-refractivity contribution in [3.8, 4) is 0 Å². The van der Waals surface area contributed by atoms with Crippen molar-refractivity contribution >= 4 is 43.5 Å². The molecule has 0 spiro atoms. The molecule has 1 saturated carbocycles. The maximum absolute atomic E-state index is 14.1. The van der Waals surface area contributed by atoms with Gasteiger partial charge in [-0.15, -0.1) is 0 Å². The number of amides is 2. The van der Waals surface area contributed by atoms with Gasteiger partial charge < -0.3 is 10.2 Å². The highest BCUT2D eigenvalue weighted by molar-refractivity contribution is 9.10. The van der Waals surface area contributed by atoms with Gasteiger partial charge in [0.25, 0.3) is 0 Å². The van der Waals surface area contributed by atoms with E-state index < -0.39 is 16.1 Å². The third kappa shape index (κ3) is 9.92. The third-order valence-corrected chi connectivity index (χ3v) is 9.94. The van der Waals surface area contributed by atoms with E-state index in [1.165, 1.54) is 17.0 Å². The number of halogens is 1. The molecular weight excluding hydrogens is 638 g/mol. The van der Waals surface area contributed by atoms with Crippen LogP contribution in [0.1, 0.15) is 68.6 Å². The molecule has 7 nitrogen and oxygen atoms in total. The highest BCUT2D eigenvalue weighted by Crippen LogP contribution is 2.23. The largest absolute Gasteiger partial charge is 0.352 e. The molecule has 44 heavy (non-hydrogen) atoms. The van der Waals surface area contributed by atoms with Crippen molar-refractivity contribution in [2.75, 3.05) is 17.1 Å². The first kappa shape index (κ1) is 33.7. The van der Waals surface area contributed by atoms with Crippen molar-refractivity contribution in [1.29, 1.82) is 0 Å². The number of nitrogens with one attached hydrogen (secondary N) is 1. The van der Waals surface area contributed by atoms with Gasteiger partial charge in [0.2, 0.25) is 21.8 Å². The minimum Gasteiger partial charge on any atom is -0.352 e. The highest BCUT2D eigenvalue weighted by Gasteiger charge is 2.32. The first-order valence-corrected chi connectivity index (χ1v) is 18.2. The van der Waals surface area contributed by atoms with Crippen LogP contribution in [-0.2, 0) is 39.0 Å². The number of aryl methyl sites for hydroxylation is 1. The Morgan fingerprint density at radius 1 is 0.909 bits per heavy atom. The van der Waals surface area contributed by atoms with Crippen LogP contribution in [-0.4, -0.2) is 50.0 Å². The van der Waals surface area contributed by atoms with Crippen LogP contribution in [0.3, 0.4) is 0 Å². The monoisotopic (exact) mass is 681 g/mol. The fraction of sp³-hybridized carbons (Fsp3) is 0.429. The van der Waals surface area contributed by atoms with Crippen LogP contribution in [0.25, 0.3) is 0 Å². The van der Waals surface area contributed by atoms with Crippen LogP contribution in [0.2, 0.25) is 0 Å². The van der Waals surface area contributed by atoms with Crippen LogP contribution in [0.4, 0.5) is 5.69 Å². The molecule has 0 radical (unpaired) electrons. The average Bonchev–Trinajstić information content (AvgIpc) is 3.01. The second kappa shape index (κ2) is 16.2. The van der Waals surface area contributed by atoms with Crippen LogP contribution in [0, 0.1) is 0 Å². The molecule has 1 aliphatic carbocycles. The van der Waals surface area contributed by atoms with E-state index in [0.717, 1.165) is 53.3 Å². The topological polar surface area (TPSA) is 86.8 Å². The lowest BCUT2D eigenvalue weighted by atomic mass is 9.94. The smallest absolute Gasteiger partial charge is 0.243 e. The zero-order chi connectivity index (χ0) is 31.5. The summed E-state index contributed by atoms with van der Waals surface area (Å²) in [6, 6.07) is 24.4. The molecule has 1 N–H and O–H groups in total. The molecule has 236 valence electrons. The number of hydrogen-bond acceptors (Lipinski definition) is 4. The van der Waals surface area contributed by atoms with E-state index in [1.807, 2.05) is 78.9 Å². The van der Waals surface area contributed by atoms with Gasteiger partial charge in [0, 0.05) is 36.4 Å². The lowest BCUT2D eigenvalue weighted by Crippen LogP contribution is -2.52. The molecule has 2 amide bonds. The number of carbonyl (C=O) groups excluding carboxylic acids is 2. The fourth-order valence-electron chi connectivity index (χ4n) is 5.83. The summed E-state index contributed by atoms with van der Waals surface area (Å²) >= 11 is 3.54. The van der Waals surface area contributed by atoms with E-state index in [4.69, 9.17) is 0 Å². The van der Waals surface area contributed by atoms with Crippen molar-refractivity contribution in [3.63, 3.8) is 0 Å². The van der Waals surface area contributed by atoms with Gasteiger partial charge in [-0.1, -0.05) is 96.7 Å². The fourth-order valence-corrected chi connectivity index (χ4v) is 7.24. The summed E-state index contributed by atoms with van der Waals surface area (Å²) in [6.45, 7) is 2.48. The first-order chi connectivity index (χ1) is 21.1. The third-order valence-electron chi connectivity index (χ3n) is 8.25. The van der Waals surface area contributed by atoms with Crippen LogP contribution in [0.5, 0.6) is 0 Å². The SMILES string of the molecule is CCc1ccc(N(CCCC(=O)N(Cc2cccc(Br)c2)C(Cc2ccccc2)C(=O)NC2CCCCC2)S(C)(=O)=O)cc1. The quantitative estimate of drug-likeness (QED) is 0.207. The zero-order valence-corrected chi connectivity index (χ0v) is 28.2. The number of anilines is 1. The van der Waals surface area contributed by atoms with Gasteiger partial charge in [-0.3, -0.25) is 13.9 Å². The molecule has 4 rings (SSSR count). The standard InChI is InChI=1S/C35H44BrN3O4S/c1-3-27-19-21-32(22-20-27)39(44(2,42)43)23-11-18-34(40)38(26-29-14-10-15-30(36)24-29)33(25-28-12-6-4-7-13-28)35(41)37-31-16-8-5-9-17-31/h4,6-7,10,12-15,19-22,24,31,33H,3,5,8-9,11,16-18,23,25-26H2,1-2H3,(H,37,41). The molecule has 0 bridgehead atoms. The predicted molar refractivity (Wildman–Crippen MR) is 181 cm³/mol. The predicted octanol–water partition coefficient (Wildman–Crippen LogP) is 6.65. The Balaban J connectivity index is 1.58. The molecule has 3 aromatic rings. The second-order valence-corrected chi connectivity index (χ2v) is 14.5. The average molecular weight is 683 g/mol. The summed E-state index contributed by atoms with van der Waals surface area (Å²) < 4.78 is 27.7. The van der Waals surface area contributed by atoms with Gasteiger partial charge >= 0.3 is 0 Å². The van der Waals surface area contributed by atoms with Gasteiger partial charge in [-0.25, -0.2) is 8.42 Å². The minimum absolute atomic E-state index is 0.106. The number of benzene rings is 3. The Bertz CT molecular complexity index is 1480. The molecule has 1 fully saturated rings. The molecule has 9 heteroatoms. The molecule has 1 aliphatic rings. The first-order valence-electron chi connectivity index (χ1n) is 15.6. The summed E-state index contributed by atoms with van der Waals surface area (Å²) in [5.74, 6) is -0.322. The van der Waals surface area contributed by atoms with Gasteiger partial charge in [0.1, 0.15) is 6.04 Å². The second-order valence-electron chi connectivity index (χ2n) is 11.7. The van der Waals surface area contributed by atoms with Gasteiger partial charge in [0.15, 0.2) is 0 Å². The van der Waals surface area contributed by atoms with Gasteiger partial charge in [-0.2, -0.15) is 0 Å². The summed E-state index contributed by atoms with van der Waals surface area (Å²) in [5.41, 5.74) is 3.58. The maximum Gasteiger partial charge on any atom is 0.243 e. The van der Waals surface area contributed by atoms with Crippen LogP contribution < -0.4 is 9.62 Å². The summed E-state index contributed by atoms with van der Waals surface area (Å²) in [6.07, 6.45) is 8.12. The molecule has 0 aliphatic heterocycles. The molecule has 0 aromatic heterocycles. The van der Waals surface area contributed by atoms with Crippen molar-refractivity contribution in [3.05, 3.63) is 100 Å². The number of carbonyl (C=O) groups is 2. The normalized spacial score (nSPS) is 14.5. The highest BCUT2D eigenvalue weighted by atomic mass is 79.9. The Morgan fingerprint density at radius 3 is 2.23 bits per heavy atom. The van der Waals surface area contributed by atoms with Gasteiger partial charge in [0.05, 0.1) is 11.9 Å². The van der Waals surface area contributed by atoms with E-state index in [0.29, 0.717) is 18.5 Å². The van der Waals surface area contributed by atoms with Crippen LogP contribution >= 0.6 is 15.9 Å². The Morgan fingerprint density at radius 2 is 1.59 bits per heavy atom. The Kier molecular flexibility index (Phi) is 12.4. The molecular formula is C35H44BrN3O4S. The summed E-state index contributed by atoms with van der Waals surface area (Å²) in [7, 11) is -3.56. The van der Waals surface area contributed by atoms with Crippen LogP contribution in [0.15, 0.2) is 83.3 Å². The summed E-state index contributed by atoms with van der Waals surface area (Å²) in [4.78, 5) is 29.7. The molecule has 1 atom stereocenters. The lowest BCUT2D eigenvalue weighted by Gasteiger charge is -2.34. The number of sulfonamides is 1. The zero-order valence-electron chi connectivity index (χ0n) is 25.8. The van der Waals surface area contributed by atoms with Crippen molar-refractivity contribution in [1.82, 2.24) is 10.2 Å². The van der Waals surface area contributed by atoms with Crippen molar-refractivity contribution in [2.24, 2.45) is 0 Å². The Hall–Kier alpha value is -3.17. The van der Waals surface area contributed by atoms with E-state index in [9.17, 15) is 18.0 Å². The lowest BCUT2D eigenvalue weighted by molar-refractivity contribution is -0.141. The maximum atomic E-state index is 14.1. The summed E-state index contributed by atoms with van der Waals surface area (Å²) in [5, 5.41) is 3.27. The minimum atomic E-state index is -3.56. The molecule has 3 aromatic carbocycles. The van der Waals surface area contributed by atoms with Gasteiger partial charge in [-0.05, 0) is 66.6 Å². The number of nitrogens with zero attached hydrogens (tertiary/aromatic N) is 2. The molecule has 0 heterocycles. The Labute approximate surface area is 271 Å². The number of hydrogen-bond donors (Lipinski definition) is 1. The van der Waals surface area contributed by atoms with E-state index in [1.54, 1.807) is 4.90 Å². The van der Waals surface area contributed by atoms with E-state index in [2.05, 4.69) is 28.2 Å². The van der Waals surface area contributed by atoms with Crippen molar-refractivity contribution < 1.29 is 18.0 Å². The number of rotatable bonds is 14. The van der Waals surface area contributed by atoms with Crippen molar-refractivity contribution in [2.45, 2.75) is 83.3 Å². The molecule has 0 saturated heterocycles. The molecule has 1 unspecified atom stereocenters. The van der Waals surface area contributed by atoms with E-state index >= 15 is 0 Å². The van der Waals surface area contributed by atoms with E-state index in [-0.39, 0.29) is 37.4 Å².